The zero-order valence-corrected chi connectivity index (χ0v) is 19.0. The summed E-state index contributed by atoms with van der Waals surface area (Å²) in [5.41, 5.74) is 3.65. The van der Waals surface area contributed by atoms with Gasteiger partial charge in [-0.3, -0.25) is 9.89 Å². The van der Waals surface area contributed by atoms with Crippen molar-refractivity contribution in [2.75, 3.05) is 18.4 Å². The minimum absolute atomic E-state index is 0.361. The Morgan fingerprint density at radius 1 is 1.00 bits per heavy atom. The maximum Gasteiger partial charge on any atom is 0.282 e. The van der Waals surface area contributed by atoms with Gasteiger partial charge in [0, 0.05) is 28.3 Å². The fourth-order valence-corrected chi connectivity index (χ4v) is 5.02. The summed E-state index contributed by atoms with van der Waals surface area (Å²) in [4.78, 5) is 23.2. The van der Waals surface area contributed by atoms with Crippen molar-refractivity contribution >= 4 is 38.8 Å². The molecule has 1 aliphatic rings. The number of rotatable bonds is 5. The number of H-pyrrole nitrogens is 1. The maximum absolute atomic E-state index is 13.1. The number of thiophene rings is 1. The first-order valence-corrected chi connectivity index (χ1v) is 11.7. The average molecular weight is 489 g/mol. The summed E-state index contributed by atoms with van der Waals surface area (Å²) in [6.45, 7) is -1.05. The van der Waals surface area contributed by atoms with E-state index in [4.69, 9.17) is 0 Å². The van der Waals surface area contributed by atoms with Crippen LogP contribution >= 0.6 is 11.3 Å². The Balaban J connectivity index is 1.21. The SMILES string of the molecule is O=C(c1cc2ccc(-c3nccc(Nc4ccc(-c5ccn[nH]5)cc4)n3)cc2s1)N1CC(F)(F)C1. The Morgan fingerprint density at radius 2 is 1.80 bits per heavy atom. The lowest BCUT2D eigenvalue weighted by atomic mass is 10.1. The molecule has 0 spiro atoms. The Kier molecular flexibility index (Phi) is 5.03. The summed E-state index contributed by atoms with van der Waals surface area (Å²) in [6.07, 6.45) is 3.39. The van der Waals surface area contributed by atoms with E-state index in [1.54, 1.807) is 24.5 Å². The van der Waals surface area contributed by atoms with E-state index in [0.29, 0.717) is 16.5 Å². The van der Waals surface area contributed by atoms with Crippen LogP contribution in [0.4, 0.5) is 20.3 Å². The van der Waals surface area contributed by atoms with E-state index < -0.39 is 19.0 Å². The minimum Gasteiger partial charge on any atom is -0.340 e. The lowest BCUT2D eigenvalue weighted by Gasteiger charge is -2.38. The van der Waals surface area contributed by atoms with Crippen LogP contribution in [0.1, 0.15) is 9.67 Å². The van der Waals surface area contributed by atoms with Gasteiger partial charge in [0.05, 0.1) is 23.7 Å². The van der Waals surface area contributed by atoms with Crippen LogP contribution in [0.25, 0.3) is 32.7 Å². The van der Waals surface area contributed by atoms with Gasteiger partial charge in [-0.15, -0.1) is 11.3 Å². The molecule has 7 nitrogen and oxygen atoms in total. The lowest BCUT2D eigenvalue weighted by molar-refractivity contribution is -0.112. The summed E-state index contributed by atoms with van der Waals surface area (Å²) in [5.74, 6) is -1.96. The summed E-state index contributed by atoms with van der Waals surface area (Å²) >= 11 is 1.28. The van der Waals surface area contributed by atoms with E-state index in [-0.39, 0.29) is 5.91 Å². The van der Waals surface area contributed by atoms with Gasteiger partial charge in [0.1, 0.15) is 5.82 Å². The first-order chi connectivity index (χ1) is 16.9. The van der Waals surface area contributed by atoms with E-state index in [9.17, 15) is 13.6 Å². The molecule has 1 amide bonds. The van der Waals surface area contributed by atoms with E-state index in [2.05, 4.69) is 25.5 Å². The number of benzene rings is 2. The number of nitrogens with one attached hydrogen (secondary N) is 2. The normalized spacial score (nSPS) is 14.6. The number of hydrogen-bond donors (Lipinski definition) is 2. The van der Waals surface area contributed by atoms with Crippen LogP contribution in [0.15, 0.2) is 73.1 Å². The quantitative estimate of drug-likeness (QED) is 0.337. The number of likely N-dealkylation sites (tertiary alicyclic amines) is 1. The number of fused-ring (bicyclic) bond motifs is 1. The van der Waals surface area contributed by atoms with Crippen molar-refractivity contribution < 1.29 is 13.6 Å². The molecule has 0 unspecified atom stereocenters. The van der Waals surface area contributed by atoms with Crippen molar-refractivity contribution in [3.05, 3.63) is 77.9 Å². The zero-order chi connectivity index (χ0) is 24.0. The zero-order valence-electron chi connectivity index (χ0n) is 18.2. The number of alkyl halides is 2. The minimum atomic E-state index is -2.78. The molecule has 2 N–H and O–H groups in total. The van der Waals surface area contributed by atoms with Crippen LogP contribution in [0.3, 0.4) is 0 Å². The number of amides is 1. The van der Waals surface area contributed by atoms with Crippen molar-refractivity contribution in [3.8, 4) is 22.6 Å². The van der Waals surface area contributed by atoms with Gasteiger partial charge in [-0.05, 0) is 47.3 Å². The molecule has 5 aromatic rings. The molecule has 10 heteroatoms. The topological polar surface area (TPSA) is 86.8 Å². The second-order valence-corrected chi connectivity index (χ2v) is 9.40. The molecule has 174 valence electrons. The molecule has 1 fully saturated rings. The second kappa shape index (κ2) is 8.24. The van der Waals surface area contributed by atoms with Crippen LogP contribution in [-0.2, 0) is 0 Å². The van der Waals surface area contributed by atoms with Crippen molar-refractivity contribution in [3.63, 3.8) is 0 Å². The van der Waals surface area contributed by atoms with Crippen LogP contribution in [0, 0.1) is 0 Å². The fraction of sp³-hybridized carbons (Fsp3) is 0.120. The van der Waals surface area contributed by atoms with Gasteiger partial charge >= 0.3 is 0 Å². The van der Waals surface area contributed by atoms with Crippen molar-refractivity contribution in [2.45, 2.75) is 5.92 Å². The number of anilines is 2. The third-order valence-corrected chi connectivity index (χ3v) is 6.83. The highest BCUT2D eigenvalue weighted by molar-refractivity contribution is 7.20. The standard InChI is InChI=1S/C25H18F2N6OS/c26-25(27)13-33(14-25)24(34)21-11-16-1-2-17(12-20(16)35-21)23-28-9-8-22(31-23)30-18-5-3-15(4-6-18)19-7-10-29-32-19/h1-12H,13-14H2,(H,29,32)(H,28,30,31). The number of carbonyl (C=O) groups excluding carboxylic acids is 1. The van der Waals surface area contributed by atoms with Gasteiger partial charge in [0.2, 0.25) is 0 Å². The molecule has 3 aromatic heterocycles. The van der Waals surface area contributed by atoms with E-state index in [1.807, 2.05) is 48.5 Å². The molecule has 35 heavy (non-hydrogen) atoms. The van der Waals surface area contributed by atoms with Gasteiger partial charge in [-0.2, -0.15) is 5.10 Å². The Bertz CT molecular complexity index is 1520. The van der Waals surface area contributed by atoms with Gasteiger partial charge in [-0.25, -0.2) is 18.7 Å². The highest BCUT2D eigenvalue weighted by Crippen LogP contribution is 2.34. The van der Waals surface area contributed by atoms with Gasteiger partial charge < -0.3 is 10.2 Å². The average Bonchev–Trinajstić information content (AvgIpc) is 3.52. The number of nitrogens with zero attached hydrogens (tertiary/aromatic N) is 4. The molecule has 1 aliphatic heterocycles. The summed E-state index contributed by atoms with van der Waals surface area (Å²) in [5, 5.41) is 11.1. The van der Waals surface area contributed by atoms with Crippen molar-refractivity contribution in [2.24, 2.45) is 0 Å². The maximum atomic E-state index is 13.1. The molecule has 0 aliphatic carbocycles. The Hall–Kier alpha value is -4.18. The molecule has 6 rings (SSSR count). The molecule has 0 bridgehead atoms. The van der Waals surface area contributed by atoms with E-state index in [0.717, 1.165) is 32.6 Å². The smallest absolute Gasteiger partial charge is 0.282 e. The first kappa shape index (κ1) is 21.4. The Labute approximate surface area is 202 Å². The number of aromatic nitrogens is 4. The molecule has 4 heterocycles. The molecule has 0 radical (unpaired) electrons. The highest BCUT2D eigenvalue weighted by atomic mass is 32.1. The largest absolute Gasteiger partial charge is 0.340 e. The molecule has 2 aromatic carbocycles. The number of aromatic amines is 1. The van der Waals surface area contributed by atoms with Crippen LogP contribution in [0.2, 0.25) is 0 Å². The van der Waals surface area contributed by atoms with Gasteiger partial charge in [0.15, 0.2) is 5.82 Å². The highest BCUT2D eigenvalue weighted by Gasteiger charge is 2.46. The van der Waals surface area contributed by atoms with Crippen molar-refractivity contribution in [1.82, 2.24) is 25.1 Å². The number of hydrogen-bond acceptors (Lipinski definition) is 6. The number of carbonyl (C=O) groups is 1. The van der Waals surface area contributed by atoms with Gasteiger partial charge in [-0.1, -0.05) is 24.3 Å². The third kappa shape index (κ3) is 4.24. The summed E-state index contributed by atoms with van der Waals surface area (Å²) in [6, 6.07) is 19.0. The molecule has 1 saturated heterocycles. The molecule has 0 atom stereocenters. The van der Waals surface area contributed by atoms with Gasteiger partial charge in [0.25, 0.3) is 11.8 Å². The van der Waals surface area contributed by atoms with Crippen LogP contribution in [0.5, 0.6) is 0 Å². The van der Waals surface area contributed by atoms with Crippen LogP contribution < -0.4 is 5.32 Å². The third-order valence-electron chi connectivity index (χ3n) is 5.75. The number of halogens is 2. The predicted molar refractivity (Wildman–Crippen MR) is 131 cm³/mol. The predicted octanol–water partition coefficient (Wildman–Crippen LogP) is 5.58. The Morgan fingerprint density at radius 3 is 2.54 bits per heavy atom. The van der Waals surface area contributed by atoms with E-state index in [1.165, 1.54) is 16.2 Å². The van der Waals surface area contributed by atoms with Crippen molar-refractivity contribution in [1.29, 1.82) is 0 Å². The van der Waals surface area contributed by atoms with Crippen LogP contribution in [-0.4, -0.2) is 50.0 Å². The molecule has 0 saturated carbocycles. The fourth-order valence-electron chi connectivity index (χ4n) is 3.95. The molecular weight excluding hydrogens is 470 g/mol. The van der Waals surface area contributed by atoms with E-state index >= 15 is 0 Å². The summed E-state index contributed by atoms with van der Waals surface area (Å²) in [7, 11) is 0. The molecular formula is C25H18F2N6OS. The first-order valence-electron chi connectivity index (χ1n) is 10.8. The lowest BCUT2D eigenvalue weighted by Crippen LogP contribution is -2.58. The monoisotopic (exact) mass is 488 g/mol. The summed E-state index contributed by atoms with van der Waals surface area (Å²) < 4.78 is 27.2. The second-order valence-electron chi connectivity index (χ2n) is 8.32.